The molecule has 4 aromatic rings. The van der Waals surface area contributed by atoms with Gasteiger partial charge in [0, 0.05) is 22.7 Å². The number of para-hydroxylation sites is 1. The Bertz CT molecular complexity index is 1410. The second kappa shape index (κ2) is 8.22. The van der Waals surface area contributed by atoms with Crippen molar-refractivity contribution in [3.8, 4) is 16.9 Å². The molecule has 1 aromatic heterocycles. The van der Waals surface area contributed by atoms with Crippen LogP contribution in [0.5, 0.6) is 5.75 Å². The van der Waals surface area contributed by atoms with Crippen LogP contribution in [-0.4, -0.2) is 10.9 Å². The first-order valence-electron chi connectivity index (χ1n) is 8.82. The fourth-order valence-corrected chi connectivity index (χ4v) is 3.54. The van der Waals surface area contributed by atoms with Crippen molar-refractivity contribution in [1.82, 2.24) is 0 Å². The minimum atomic E-state index is -0.904. The molecule has 4 rings (SSSR count). The SMILES string of the molecule is O=C(Oc1ccc2c(=O)c(-c3ccc(Cl)cc3Cl)coc2c1)c1ccccc1[N+](=O)[O-]. The molecule has 7 nitrogen and oxygen atoms in total. The van der Waals surface area contributed by atoms with E-state index in [2.05, 4.69) is 0 Å². The van der Waals surface area contributed by atoms with E-state index in [4.69, 9.17) is 32.4 Å². The van der Waals surface area contributed by atoms with Crippen molar-refractivity contribution in [3.05, 3.63) is 103 Å². The van der Waals surface area contributed by atoms with Crippen LogP contribution in [0.25, 0.3) is 22.1 Å². The van der Waals surface area contributed by atoms with Crippen molar-refractivity contribution in [2.24, 2.45) is 0 Å². The van der Waals surface area contributed by atoms with E-state index >= 15 is 0 Å². The van der Waals surface area contributed by atoms with Gasteiger partial charge >= 0.3 is 5.97 Å². The van der Waals surface area contributed by atoms with Crippen molar-refractivity contribution >= 4 is 45.8 Å². The molecule has 154 valence electrons. The number of ether oxygens (including phenoxy) is 1. The Kier molecular flexibility index (Phi) is 5.46. The van der Waals surface area contributed by atoms with E-state index in [1.54, 1.807) is 12.1 Å². The van der Waals surface area contributed by atoms with E-state index in [9.17, 15) is 19.7 Å². The number of carbonyl (C=O) groups excluding carboxylic acids is 1. The molecule has 31 heavy (non-hydrogen) atoms. The van der Waals surface area contributed by atoms with Crippen LogP contribution in [0.1, 0.15) is 10.4 Å². The normalized spacial score (nSPS) is 10.8. The molecule has 0 aliphatic heterocycles. The Morgan fingerprint density at radius 3 is 2.52 bits per heavy atom. The maximum absolute atomic E-state index is 12.9. The number of rotatable bonds is 4. The Morgan fingerprint density at radius 1 is 1.00 bits per heavy atom. The van der Waals surface area contributed by atoms with Crippen LogP contribution in [0.3, 0.4) is 0 Å². The lowest BCUT2D eigenvalue weighted by molar-refractivity contribution is -0.385. The molecule has 0 aliphatic rings. The van der Waals surface area contributed by atoms with E-state index < -0.39 is 10.9 Å². The second-order valence-corrected chi connectivity index (χ2v) is 7.27. The third kappa shape index (κ3) is 4.01. The average Bonchev–Trinajstić information content (AvgIpc) is 2.74. The lowest BCUT2D eigenvalue weighted by Gasteiger charge is -2.08. The maximum Gasteiger partial charge on any atom is 0.350 e. The lowest BCUT2D eigenvalue weighted by atomic mass is 10.1. The van der Waals surface area contributed by atoms with Crippen LogP contribution in [0.15, 0.2) is 76.1 Å². The number of esters is 1. The van der Waals surface area contributed by atoms with Gasteiger partial charge in [0.25, 0.3) is 5.69 Å². The number of carbonyl (C=O) groups is 1. The minimum absolute atomic E-state index is 0.0658. The van der Waals surface area contributed by atoms with E-state index in [0.29, 0.717) is 15.6 Å². The van der Waals surface area contributed by atoms with Gasteiger partial charge in [0.05, 0.1) is 20.9 Å². The Morgan fingerprint density at radius 2 is 1.77 bits per heavy atom. The summed E-state index contributed by atoms with van der Waals surface area (Å²) in [7, 11) is 0. The number of hydrogen-bond donors (Lipinski definition) is 0. The summed E-state index contributed by atoms with van der Waals surface area (Å²) >= 11 is 12.1. The minimum Gasteiger partial charge on any atom is -0.463 e. The zero-order valence-corrected chi connectivity index (χ0v) is 17.0. The van der Waals surface area contributed by atoms with Crippen LogP contribution in [0.2, 0.25) is 10.0 Å². The van der Waals surface area contributed by atoms with Crippen molar-refractivity contribution in [3.63, 3.8) is 0 Å². The molecular formula is C22H11Cl2NO6. The standard InChI is InChI=1S/C22H11Cl2NO6/c23-12-5-7-14(18(24)9-12)17-11-30-20-10-13(6-8-16(20)21(17)26)31-22(27)15-3-1-2-4-19(15)25(28)29/h1-11H. The predicted molar refractivity (Wildman–Crippen MR) is 116 cm³/mol. The van der Waals surface area contributed by atoms with Crippen molar-refractivity contribution < 1.29 is 18.9 Å². The molecule has 0 saturated carbocycles. The zero-order chi connectivity index (χ0) is 22.1. The first-order valence-corrected chi connectivity index (χ1v) is 9.57. The summed E-state index contributed by atoms with van der Waals surface area (Å²) in [6.07, 6.45) is 1.26. The number of benzene rings is 3. The summed E-state index contributed by atoms with van der Waals surface area (Å²) in [5.74, 6) is -0.838. The first-order chi connectivity index (χ1) is 14.8. The van der Waals surface area contributed by atoms with Gasteiger partial charge in [0.15, 0.2) is 0 Å². The van der Waals surface area contributed by atoms with Gasteiger partial charge in [-0.05, 0) is 30.3 Å². The number of fused-ring (bicyclic) bond motifs is 1. The molecule has 0 aliphatic carbocycles. The Hall–Kier alpha value is -3.68. The largest absolute Gasteiger partial charge is 0.463 e. The fourth-order valence-electron chi connectivity index (χ4n) is 3.03. The molecule has 0 bridgehead atoms. The molecule has 0 radical (unpaired) electrons. The number of nitro groups is 1. The summed E-state index contributed by atoms with van der Waals surface area (Å²) in [6, 6.07) is 14.4. The molecule has 0 spiro atoms. The van der Waals surface area contributed by atoms with Crippen LogP contribution in [0, 0.1) is 10.1 Å². The Balaban J connectivity index is 1.69. The third-order valence-corrected chi connectivity index (χ3v) is 5.05. The van der Waals surface area contributed by atoms with Gasteiger partial charge in [0.1, 0.15) is 23.2 Å². The monoisotopic (exact) mass is 455 g/mol. The lowest BCUT2D eigenvalue weighted by Crippen LogP contribution is -2.11. The molecule has 3 aromatic carbocycles. The third-order valence-electron chi connectivity index (χ3n) is 4.50. The van der Waals surface area contributed by atoms with Gasteiger partial charge in [-0.2, -0.15) is 0 Å². The van der Waals surface area contributed by atoms with Crippen LogP contribution in [0.4, 0.5) is 5.69 Å². The average molecular weight is 456 g/mol. The number of nitrogens with zero attached hydrogens (tertiary/aromatic N) is 1. The molecule has 0 saturated heterocycles. The molecule has 0 unspecified atom stereocenters. The number of hydrogen-bond acceptors (Lipinski definition) is 6. The first kappa shape index (κ1) is 20.6. The highest BCUT2D eigenvalue weighted by Gasteiger charge is 2.21. The summed E-state index contributed by atoms with van der Waals surface area (Å²) in [4.78, 5) is 35.8. The van der Waals surface area contributed by atoms with E-state index in [0.717, 1.165) is 0 Å². The zero-order valence-electron chi connectivity index (χ0n) is 15.5. The van der Waals surface area contributed by atoms with Gasteiger partial charge in [-0.1, -0.05) is 41.4 Å². The molecule has 1 heterocycles. The maximum atomic E-state index is 12.9. The highest BCUT2D eigenvalue weighted by atomic mass is 35.5. The summed E-state index contributed by atoms with van der Waals surface area (Å²) in [6.45, 7) is 0. The molecule has 0 amide bonds. The van der Waals surface area contributed by atoms with Crippen LogP contribution >= 0.6 is 23.2 Å². The highest BCUT2D eigenvalue weighted by molar-refractivity contribution is 6.36. The molecule has 0 atom stereocenters. The van der Waals surface area contributed by atoms with E-state index in [1.807, 2.05) is 0 Å². The quantitative estimate of drug-likeness (QED) is 0.164. The van der Waals surface area contributed by atoms with Crippen molar-refractivity contribution in [1.29, 1.82) is 0 Å². The topological polar surface area (TPSA) is 99.7 Å². The molecule has 0 fully saturated rings. The summed E-state index contributed by atoms with van der Waals surface area (Å²) in [5, 5.41) is 12.1. The molecular weight excluding hydrogens is 445 g/mol. The van der Waals surface area contributed by atoms with Crippen molar-refractivity contribution in [2.45, 2.75) is 0 Å². The molecule has 0 N–H and O–H groups in total. The highest BCUT2D eigenvalue weighted by Crippen LogP contribution is 2.30. The number of halogens is 2. The van der Waals surface area contributed by atoms with Gasteiger partial charge in [0.2, 0.25) is 5.43 Å². The van der Waals surface area contributed by atoms with E-state index in [1.165, 1.54) is 54.8 Å². The fraction of sp³-hybridized carbons (Fsp3) is 0. The van der Waals surface area contributed by atoms with Gasteiger partial charge in [-0.3, -0.25) is 14.9 Å². The number of nitro benzene ring substituents is 1. The van der Waals surface area contributed by atoms with Crippen LogP contribution < -0.4 is 10.2 Å². The van der Waals surface area contributed by atoms with Gasteiger partial charge < -0.3 is 9.15 Å². The second-order valence-electron chi connectivity index (χ2n) is 6.42. The van der Waals surface area contributed by atoms with Crippen molar-refractivity contribution in [2.75, 3.05) is 0 Å². The van der Waals surface area contributed by atoms with E-state index in [-0.39, 0.29) is 39.0 Å². The molecule has 9 heteroatoms. The van der Waals surface area contributed by atoms with Crippen LogP contribution in [-0.2, 0) is 0 Å². The smallest absolute Gasteiger partial charge is 0.350 e. The van der Waals surface area contributed by atoms with Gasteiger partial charge in [-0.15, -0.1) is 0 Å². The van der Waals surface area contributed by atoms with Gasteiger partial charge in [-0.25, -0.2) is 4.79 Å². The summed E-state index contributed by atoms with van der Waals surface area (Å²) < 4.78 is 10.8. The Labute approximate surface area is 184 Å². The summed E-state index contributed by atoms with van der Waals surface area (Å²) in [5.41, 5.74) is -0.00717. The predicted octanol–water partition coefficient (Wildman–Crippen LogP) is 5.89.